The monoisotopic (exact) mass is 872 g/mol. The fourth-order valence-corrected chi connectivity index (χ4v) is 16.5. The van der Waals surface area contributed by atoms with Crippen LogP contribution in [0.2, 0.25) is 0 Å². The number of rotatable bonds is 11. The summed E-state index contributed by atoms with van der Waals surface area (Å²) in [5.74, 6) is -0.717. The third kappa shape index (κ3) is 9.55. The number of hydrogen-bond acceptors (Lipinski definition) is 8. The van der Waals surface area contributed by atoms with Crippen LogP contribution in [0.4, 0.5) is 12.9 Å². The van der Waals surface area contributed by atoms with Crippen LogP contribution in [-0.2, 0) is 38.7 Å². The molecule has 0 radical (unpaired) electrons. The van der Waals surface area contributed by atoms with Crippen LogP contribution in [0, 0.1) is 45.3 Å². The second-order valence-corrected chi connectivity index (χ2v) is 22.3. The average Bonchev–Trinajstić information content (AvgIpc) is 3.79. The summed E-state index contributed by atoms with van der Waals surface area (Å²) in [6.07, 6.45) is 10.3. The highest BCUT2D eigenvalue weighted by Crippen LogP contribution is 2.71. The predicted octanol–water partition coefficient (Wildman–Crippen LogP) is 3.60. The minimum Gasteiger partial charge on any atom is -1.00 e. The van der Waals surface area contributed by atoms with Crippen LogP contribution in [0.25, 0.3) is 0 Å². The van der Waals surface area contributed by atoms with E-state index in [0.717, 1.165) is 49.3 Å². The fourth-order valence-electron chi connectivity index (χ4n) is 11.3. The number of hydrogen-bond donors (Lipinski definition) is 1. The van der Waals surface area contributed by atoms with E-state index in [1.807, 2.05) is 21.3 Å². The highest BCUT2D eigenvalue weighted by molar-refractivity contribution is 7.90. The number of fused-ring (bicyclic) bond motifs is 2. The van der Waals surface area contributed by atoms with Crippen LogP contribution in [0.3, 0.4) is 0 Å². The largest absolute Gasteiger partial charge is 1.00 e. The van der Waals surface area contributed by atoms with Crippen molar-refractivity contribution < 1.29 is 58.3 Å². The molecular formula is C40H69BF4N2O9S2. The number of nitrogens with zero attached hydrogens (tertiary/aromatic N) is 2. The molecule has 1 N–H and O–H groups in total. The quantitative estimate of drug-likeness (QED) is 0.144. The number of allylic oxidation sites excluding steroid dienone is 2. The van der Waals surface area contributed by atoms with Gasteiger partial charge in [-0.2, -0.15) is 0 Å². The molecule has 2 heterocycles. The Labute approximate surface area is 345 Å². The van der Waals surface area contributed by atoms with Crippen molar-refractivity contribution in [3.05, 3.63) is 25.3 Å². The lowest BCUT2D eigenvalue weighted by Gasteiger charge is -2.37. The number of halogens is 4. The first kappa shape index (κ1) is 52.1. The summed E-state index contributed by atoms with van der Waals surface area (Å²) in [5, 5.41) is 10.2. The third-order valence-corrected chi connectivity index (χ3v) is 18.6. The Morgan fingerprint density at radius 2 is 1.16 bits per heavy atom. The van der Waals surface area contributed by atoms with Gasteiger partial charge in [-0.25, -0.2) is 25.4 Å². The Bertz CT molecular complexity index is 1670. The van der Waals surface area contributed by atoms with Crippen LogP contribution in [0.1, 0.15) is 106 Å². The standard InChI is InChI=1S/C19H31NO4S.C18H29NO4S.C3H9O.BF3.FH/c1-6-7-8-15(24-5)13(2)17(21)20-16-11-14-9-10-19(16,18(14,3)4)12-25(20,22)23;1-5-6-7-14(20)12(2)16(21)19-15-10-13-8-9-18(15,17(13,3)4)11-24(19,22)23;1-4(2)3;2-1(3)4;/h6,13-16H,1,7-12H2,2-5H3;5,12-15,20H,1,6-11H2,2-4H3;1-3H3;;1H/q;;+1;;/p-1/t13-,14?,15-,16+,19+;12-,13?,14-,15+,18+;;;/m11.../s1. The molecule has 2 aliphatic heterocycles. The van der Waals surface area contributed by atoms with Gasteiger partial charge in [0.2, 0.25) is 31.9 Å². The highest BCUT2D eigenvalue weighted by atomic mass is 32.2. The van der Waals surface area contributed by atoms with Crippen LogP contribution < -0.4 is 4.70 Å². The van der Waals surface area contributed by atoms with Crippen molar-refractivity contribution in [1.29, 1.82) is 0 Å². The first-order chi connectivity index (χ1) is 26.2. The molecule has 10 atom stereocenters. The van der Waals surface area contributed by atoms with Gasteiger partial charge < -0.3 is 18.9 Å². The van der Waals surface area contributed by atoms with E-state index in [1.165, 1.54) is 4.31 Å². The van der Waals surface area contributed by atoms with Crippen molar-refractivity contribution in [2.75, 3.05) is 39.9 Å². The zero-order valence-electron chi connectivity index (χ0n) is 36.2. The molecule has 2 unspecified atom stereocenters. The van der Waals surface area contributed by atoms with E-state index in [1.54, 1.807) is 33.1 Å². The molecule has 6 rings (SSSR count). The van der Waals surface area contributed by atoms with Gasteiger partial charge in [0.05, 0.1) is 47.6 Å². The van der Waals surface area contributed by atoms with Crippen molar-refractivity contribution in [1.82, 2.24) is 8.61 Å². The summed E-state index contributed by atoms with van der Waals surface area (Å²) in [6, 6.07) is -0.393. The lowest BCUT2D eigenvalue weighted by atomic mass is 9.69. The second kappa shape index (κ2) is 19.4. The Hall–Kier alpha value is -2.02. The zero-order valence-corrected chi connectivity index (χ0v) is 37.8. The normalized spacial score (nSPS) is 32.7. The van der Waals surface area contributed by atoms with Gasteiger partial charge in [0.15, 0.2) is 0 Å². The van der Waals surface area contributed by atoms with Gasteiger partial charge >= 0.3 is 7.54 Å². The summed E-state index contributed by atoms with van der Waals surface area (Å²) >= 11 is 0. The molecule has 0 aromatic heterocycles. The number of amides is 2. The summed E-state index contributed by atoms with van der Waals surface area (Å²) in [4.78, 5) is 26.1. The SMILES string of the molecule is C=CCC[C@@H](O)[C@@H](C)C(=O)N1[C@H]2CC3CC[C@@]2(CS1(=O)=O)C3(C)C.C=CCC[C@@H](OC)[C@@H](C)C(=O)N1[C@H]2CC3CC[C@@]2(CS1(=O)=O)C3(C)C.C[O+](C)C.FB(F)F.[F-]. The summed E-state index contributed by atoms with van der Waals surface area (Å²) < 4.78 is 91.1. The molecule has 4 aliphatic carbocycles. The lowest BCUT2D eigenvalue weighted by Crippen LogP contribution is -3.00. The first-order valence-electron chi connectivity index (χ1n) is 20.1. The minimum atomic E-state index is -3.67. The van der Waals surface area contributed by atoms with Crippen molar-refractivity contribution >= 4 is 39.4 Å². The van der Waals surface area contributed by atoms with Gasteiger partial charge in [-0.05, 0) is 86.9 Å². The molecule has 4 saturated carbocycles. The number of ether oxygens (including phenoxy) is 1. The van der Waals surface area contributed by atoms with Crippen LogP contribution in [0.5, 0.6) is 0 Å². The molecule has 18 heteroatoms. The Kier molecular flexibility index (Phi) is 17.4. The van der Waals surface area contributed by atoms with E-state index in [4.69, 9.17) is 4.74 Å². The molecule has 336 valence electrons. The first-order valence-corrected chi connectivity index (χ1v) is 23.3. The number of carbonyl (C=O) groups excluding carboxylic acids is 2. The maximum atomic E-state index is 13.2. The van der Waals surface area contributed by atoms with E-state index >= 15 is 0 Å². The molecule has 11 nitrogen and oxygen atoms in total. The van der Waals surface area contributed by atoms with Gasteiger partial charge in [0, 0.05) is 17.9 Å². The smallest absolute Gasteiger partial charge is 0.762 e. The maximum Gasteiger partial charge on any atom is 0.762 e. The molecule has 2 amide bonds. The molecule has 6 fully saturated rings. The molecule has 0 aromatic rings. The number of methoxy groups -OCH3 is 1. The van der Waals surface area contributed by atoms with Crippen LogP contribution >= 0.6 is 0 Å². The number of aliphatic hydroxyl groups excluding tert-OH is 1. The lowest BCUT2D eigenvalue weighted by molar-refractivity contribution is -0.137. The Morgan fingerprint density at radius 3 is 1.48 bits per heavy atom. The predicted molar refractivity (Wildman–Crippen MR) is 218 cm³/mol. The van der Waals surface area contributed by atoms with Gasteiger partial charge in [-0.1, -0.05) is 53.7 Å². The topological polar surface area (TPSA) is 141 Å². The van der Waals surface area contributed by atoms with Crippen molar-refractivity contribution in [2.24, 2.45) is 45.3 Å². The zero-order chi connectivity index (χ0) is 43.7. The molecule has 58 heavy (non-hydrogen) atoms. The number of aliphatic hydroxyl groups is 1. The van der Waals surface area contributed by atoms with Gasteiger partial charge in [-0.15, -0.1) is 13.2 Å². The van der Waals surface area contributed by atoms with Gasteiger partial charge in [0.25, 0.3) is 0 Å². The fraction of sp³-hybridized carbons (Fsp3) is 0.850. The summed E-state index contributed by atoms with van der Waals surface area (Å²) in [7, 11) is -3.50. The summed E-state index contributed by atoms with van der Waals surface area (Å²) in [5.41, 5.74) is -0.648. The Balaban J connectivity index is 0.000000333. The average molecular weight is 873 g/mol. The second-order valence-electron chi connectivity index (χ2n) is 18.6. The molecular weight excluding hydrogens is 803 g/mol. The Morgan fingerprint density at radius 1 is 0.810 bits per heavy atom. The molecule has 6 aliphatic rings. The number of sulfonamides is 2. The molecule has 4 bridgehead atoms. The molecule has 2 spiro atoms. The van der Waals surface area contributed by atoms with E-state index < -0.39 is 51.4 Å². The maximum absolute atomic E-state index is 13.2. The van der Waals surface area contributed by atoms with E-state index in [2.05, 4.69) is 45.2 Å². The molecule has 2 saturated heterocycles. The van der Waals surface area contributed by atoms with Crippen molar-refractivity contribution in [3.8, 4) is 0 Å². The van der Waals surface area contributed by atoms with Gasteiger partial charge in [-0.3, -0.25) is 22.5 Å². The van der Waals surface area contributed by atoms with Crippen LogP contribution in [0.15, 0.2) is 25.3 Å². The van der Waals surface area contributed by atoms with E-state index in [-0.39, 0.29) is 62.0 Å². The van der Waals surface area contributed by atoms with E-state index in [9.17, 15) is 44.5 Å². The highest BCUT2D eigenvalue weighted by Gasteiger charge is 2.73. The number of carbonyl (C=O) groups is 2. The van der Waals surface area contributed by atoms with E-state index in [0.29, 0.717) is 31.1 Å². The summed E-state index contributed by atoms with van der Waals surface area (Å²) in [6.45, 7) is 19.5. The van der Waals surface area contributed by atoms with Gasteiger partial charge in [0.1, 0.15) is 21.3 Å². The third-order valence-electron chi connectivity index (χ3n) is 14.8. The molecule has 0 aromatic carbocycles. The van der Waals surface area contributed by atoms with Crippen molar-refractivity contribution in [2.45, 2.75) is 130 Å². The minimum absolute atomic E-state index is 0. The van der Waals surface area contributed by atoms with Crippen molar-refractivity contribution in [3.63, 3.8) is 0 Å². The van der Waals surface area contributed by atoms with Crippen LogP contribution in [-0.4, -0.2) is 114 Å².